The van der Waals surface area contributed by atoms with Crippen molar-refractivity contribution in [1.29, 1.82) is 0 Å². The van der Waals surface area contributed by atoms with Crippen molar-refractivity contribution in [2.75, 3.05) is 0 Å². The fourth-order valence-corrected chi connectivity index (χ4v) is 7.70. The number of hydrogen-bond donors (Lipinski definition) is 2. The predicted octanol–water partition coefficient (Wildman–Crippen LogP) is 4.24. The summed E-state index contributed by atoms with van der Waals surface area (Å²) >= 11 is 3.31. The van der Waals surface area contributed by atoms with Gasteiger partial charge >= 0.3 is 0 Å². The minimum atomic E-state index is -0.609. The van der Waals surface area contributed by atoms with Crippen LogP contribution in [-0.2, 0) is 11.2 Å². The Balaban J connectivity index is 1.40. The summed E-state index contributed by atoms with van der Waals surface area (Å²) in [7, 11) is 0. The summed E-state index contributed by atoms with van der Waals surface area (Å²) in [4.78, 5) is 18.2. The highest BCUT2D eigenvalue weighted by atomic mass is 32.1. The number of hydrogen-bond acceptors (Lipinski definition) is 5. The molecule has 0 saturated heterocycles. The Kier molecular flexibility index (Phi) is 4.22. The highest BCUT2D eigenvalue weighted by molar-refractivity contribution is 7.09. The third-order valence-corrected chi connectivity index (χ3v) is 8.58. The number of thiazole rings is 1. The van der Waals surface area contributed by atoms with E-state index in [2.05, 4.69) is 32.5 Å². The quantitative estimate of drug-likeness (QED) is 0.786. The molecule has 2 aromatic rings. The summed E-state index contributed by atoms with van der Waals surface area (Å²) in [6.07, 6.45) is 6.28. The Morgan fingerprint density at radius 1 is 1.33 bits per heavy atom. The zero-order chi connectivity index (χ0) is 18.6. The molecule has 1 amide bonds. The molecule has 27 heavy (non-hydrogen) atoms. The van der Waals surface area contributed by atoms with E-state index in [-0.39, 0.29) is 17.4 Å². The third-order valence-electron chi connectivity index (χ3n) is 6.77. The zero-order valence-corrected chi connectivity index (χ0v) is 17.2. The minimum absolute atomic E-state index is 0.0894. The van der Waals surface area contributed by atoms with E-state index in [1.54, 1.807) is 22.7 Å². The number of rotatable bonds is 5. The first-order chi connectivity index (χ1) is 12.9. The van der Waals surface area contributed by atoms with Crippen molar-refractivity contribution in [2.24, 2.45) is 17.3 Å². The molecule has 4 aliphatic rings. The number of thiophene rings is 1. The Morgan fingerprint density at radius 2 is 2.11 bits per heavy atom. The van der Waals surface area contributed by atoms with Gasteiger partial charge in [0.05, 0.1) is 17.1 Å². The average Bonchev–Trinajstić information content (AvgIpc) is 3.23. The molecule has 2 heterocycles. The van der Waals surface area contributed by atoms with Crippen molar-refractivity contribution >= 4 is 28.6 Å². The van der Waals surface area contributed by atoms with Crippen LogP contribution >= 0.6 is 22.7 Å². The van der Waals surface area contributed by atoms with Crippen LogP contribution in [0.4, 0.5) is 0 Å². The number of nitrogens with zero attached hydrogens (tertiary/aromatic N) is 1. The molecule has 4 fully saturated rings. The molecule has 4 saturated carbocycles. The van der Waals surface area contributed by atoms with Gasteiger partial charge in [0, 0.05) is 17.5 Å². The topological polar surface area (TPSA) is 62.2 Å². The summed E-state index contributed by atoms with van der Waals surface area (Å²) in [5.41, 5.74) is 1.26. The van der Waals surface area contributed by atoms with Crippen LogP contribution in [0, 0.1) is 24.2 Å². The van der Waals surface area contributed by atoms with Gasteiger partial charge in [-0.1, -0.05) is 0 Å². The molecule has 3 atom stereocenters. The summed E-state index contributed by atoms with van der Waals surface area (Å²) < 4.78 is 0. The maximum absolute atomic E-state index is 13.5. The van der Waals surface area contributed by atoms with E-state index in [1.807, 2.05) is 6.92 Å². The first-order valence-corrected chi connectivity index (χ1v) is 11.7. The molecule has 0 radical (unpaired) electrons. The molecule has 144 valence electrons. The lowest BCUT2D eigenvalue weighted by Gasteiger charge is -2.59. The van der Waals surface area contributed by atoms with Crippen molar-refractivity contribution in [3.8, 4) is 0 Å². The Morgan fingerprint density at radius 3 is 2.70 bits per heavy atom. The Bertz CT molecular complexity index is 830. The molecule has 4 aliphatic carbocycles. The van der Waals surface area contributed by atoms with E-state index in [0.717, 1.165) is 42.8 Å². The lowest BCUT2D eigenvalue weighted by molar-refractivity contribution is -0.178. The smallest absolute Gasteiger partial charge is 0.226 e. The lowest BCUT2D eigenvalue weighted by atomic mass is 9.47. The highest BCUT2D eigenvalue weighted by Crippen LogP contribution is 2.61. The number of aromatic nitrogens is 1. The first-order valence-electron chi connectivity index (χ1n) is 9.90. The average molecular weight is 403 g/mol. The van der Waals surface area contributed by atoms with Gasteiger partial charge in [0.25, 0.3) is 0 Å². The molecule has 0 unspecified atom stereocenters. The molecule has 2 N–H and O–H groups in total. The van der Waals surface area contributed by atoms with E-state index in [1.165, 1.54) is 12.0 Å². The van der Waals surface area contributed by atoms with Gasteiger partial charge in [-0.05, 0) is 79.7 Å². The number of carbonyl (C=O) groups excluding carboxylic acids is 1. The van der Waals surface area contributed by atoms with Crippen LogP contribution in [0.1, 0.15) is 60.8 Å². The van der Waals surface area contributed by atoms with Gasteiger partial charge in [0.1, 0.15) is 5.01 Å². The first kappa shape index (κ1) is 17.8. The molecule has 0 aromatic carbocycles. The molecule has 6 rings (SSSR count). The monoisotopic (exact) mass is 402 g/mol. The van der Waals surface area contributed by atoms with Crippen LogP contribution in [0.2, 0.25) is 0 Å². The number of carbonyl (C=O) groups is 1. The Hall–Kier alpha value is -1.24. The van der Waals surface area contributed by atoms with Gasteiger partial charge in [-0.25, -0.2) is 4.98 Å². The molecule has 2 aromatic heterocycles. The molecule has 4 bridgehead atoms. The lowest BCUT2D eigenvalue weighted by Crippen LogP contribution is -2.60. The van der Waals surface area contributed by atoms with Crippen LogP contribution < -0.4 is 5.32 Å². The standard InChI is InChI=1S/C21H26N2O2S2/c1-13-10-27-18(22-13)17(5-14-2-3-26-11-14)23-19(24)20-6-15-4-16(7-20)9-21(25,8-15)12-20/h2-3,10-11,15-17,25H,4-9,12H2,1H3,(H,23,24)/t15-,16-,17-,20?,21?/m1/s1. The second kappa shape index (κ2) is 6.39. The van der Waals surface area contributed by atoms with Crippen molar-refractivity contribution in [3.63, 3.8) is 0 Å². The zero-order valence-electron chi connectivity index (χ0n) is 15.6. The van der Waals surface area contributed by atoms with E-state index < -0.39 is 5.60 Å². The minimum Gasteiger partial charge on any atom is -0.390 e. The van der Waals surface area contributed by atoms with E-state index >= 15 is 0 Å². The van der Waals surface area contributed by atoms with Gasteiger partial charge in [0.15, 0.2) is 0 Å². The second-order valence-electron chi connectivity index (χ2n) is 9.15. The molecule has 0 aliphatic heterocycles. The molecule has 0 spiro atoms. The van der Waals surface area contributed by atoms with Gasteiger partial charge in [-0.2, -0.15) is 11.3 Å². The molecular formula is C21H26N2O2S2. The van der Waals surface area contributed by atoms with E-state index in [9.17, 15) is 9.90 Å². The van der Waals surface area contributed by atoms with Gasteiger partial charge in [-0.3, -0.25) is 4.79 Å². The normalized spacial score (nSPS) is 35.3. The van der Waals surface area contributed by atoms with E-state index in [0.29, 0.717) is 18.3 Å². The summed E-state index contributed by atoms with van der Waals surface area (Å²) in [5.74, 6) is 1.17. The van der Waals surface area contributed by atoms with Crippen LogP contribution in [-0.4, -0.2) is 21.6 Å². The molecule has 4 nitrogen and oxygen atoms in total. The predicted molar refractivity (Wildman–Crippen MR) is 108 cm³/mol. The number of amides is 1. The largest absolute Gasteiger partial charge is 0.390 e. The summed E-state index contributed by atoms with van der Waals surface area (Å²) in [6.45, 7) is 2.00. The fourth-order valence-electron chi connectivity index (χ4n) is 6.17. The number of aryl methyl sites for hydroxylation is 1. The maximum Gasteiger partial charge on any atom is 0.226 e. The third kappa shape index (κ3) is 3.26. The highest BCUT2D eigenvalue weighted by Gasteiger charge is 2.60. The second-order valence-corrected chi connectivity index (χ2v) is 10.8. The molecular weight excluding hydrogens is 376 g/mol. The number of nitrogens with one attached hydrogen (secondary N) is 1. The van der Waals surface area contributed by atoms with Crippen molar-refractivity contribution in [3.05, 3.63) is 38.5 Å². The summed E-state index contributed by atoms with van der Waals surface area (Å²) in [6, 6.07) is 2.03. The van der Waals surface area contributed by atoms with Crippen molar-refractivity contribution in [1.82, 2.24) is 10.3 Å². The van der Waals surface area contributed by atoms with E-state index in [4.69, 9.17) is 0 Å². The summed E-state index contributed by atoms with van der Waals surface area (Å²) in [5, 5.41) is 21.6. The maximum atomic E-state index is 13.5. The van der Waals surface area contributed by atoms with Crippen molar-refractivity contribution < 1.29 is 9.90 Å². The van der Waals surface area contributed by atoms with Crippen LogP contribution in [0.25, 0.3) is 0 Å². The van der Waals surface area contributed by atoms with Crippen molar-refractivity contribution in [2.45, 2.75) is 63.5 Å². The molecule has 6 heteroatoms. The van der Waals surface area contributed by atoms with Crippen LogP contribution in [0.3, 0.4) is 0 Å². The van der Waals surface area contributed by atoms with Gasteiger partial charge in [-0.15, -0.1) is 11.3 Å². The fraction of sp³-hybridized carbons (Fsp3) is 0.619. The van der Waals surface area contributed by atoms with Gasteiger partial charge in [0.2, 0.25) is 5.91 Å². The van der Waals surface area contributed by atoms with Gasteiger partial charge < -0.3 is 10.4 Å². The Labute approximate surface area is 168 Å². The SMILES string of the molecule is Cc1csc([C@@H](Cc2ccsc2)NC(=O)C23C[C@H]4C[C@@H](CC(O)(C4)C2)C3)n1. The van der Waals surface area contributed by atoms with Crippen LogP contribution in [0.15, 0.2) is 22.2 Å². The number of aliphatic hydroxyl groups is 1. The van der Waals surface area contributed by atoms with Crippen LogP contribution in [0.5, 0.6) is 0 Å².